The molecule has 0 aromatic carbocycles. The first-order chi connectivity index (χ1) is 10.5. The Hall–Kier alpha value is -1.43. The average Bonchev–Trinajstić information content (AvgIpc) is 2.53. The van der Waals surface area contributed by atoms with Gasteiger partial charge in [0.1, 0.15) is 0 Å². The van der Waals surface area contributed by atoms with Gasteiger partial charge in [0.2, 0.25) is 5.28 Å². The smallest absolute Gasteiger partial charge is 0.309 e. The van der Waals surface area contributed by atoms with E-state index < -0.39 is 5.82 Å². The number of anilines is 1. The predicted octanol–water partition coefficient (Wildman–Crippen LogP) is 3.23. The zero-order valence-corrected chi connectivity index (χ0v) is 13.4. The fourth-order valence-corrected chi connectivity index (χ4v) is 3.41. The maximum Gasteiger partial charge on any atom is 0.309 e. The first-order valence-corrected chi connectivity index (χ1v) is 7.99. The van der Waals surface area contributed by atoms with Gasteiger partial charge in [-0.25, -0.2) is 9.37 Å². The number of aromatic nitrogens is 2. The van der Waals surface area contributed by atoms with Gasteiger partial charge in [-0.15, -0.1) is 0 Å². The standard InChI is InChI=1S/C11H18O2.C4H3ClFN3/c1-2-13-11(12)10-7-8-3-5-9(10)6-4-8;5-4-8-1-2(6)3(7)9-4/h8-10H,2-7H2,1H3;1H,(H2,7,8,9). The van der Waals surface area contributed by atoms with E-state index in [1.54, 1.807) is 0 Å². The Morgan fingerprint density at radius 3 is 2.59 bits per heavy atom. The third-order valence-corrected chi connectivity index (χ3v) is 4.56. The van der Waals surface area contributed by atoms with E-state index in [1.165, 1.54) is 25.7 Å². The zero-order chi connectivity index (χ0) is 16.1. The number of fused-ring (bicyclic) bond motifs is 3. The van der Waals surface area contributed by atoms with Gasteiger partial charge in [0.25, 0.3) is 0 Å². The molecule has 0 radical (unpaired) electrons. The highest BCUT2D eigenvalue weighted by molar-refractivity contribution is 6.28. The third-order valence-electron chi connectivity index (χ3n) is 4.38. The summed E-state index contributed by atoms with van der Waals surface area (Å²) >= 11 is 5.25. The first kappa shape index (κ1) is 16.9. The minimum atomic E-state index is -0.653. The lowest BCUT2D eigenvalue weighted by Crippen LogP contribution is -2.36. The van der Waals surface area contributed by atoms with Crippen LogP contribution in [-0.4, -0.2) is 22.5 Å². The van der Waals surface area contributed by atoms with Gasteiger partial charge in [-0.05, 0) is 49.6 Å². The highest BCUT2D eigenvalue weighted by Gasteiger charge is 2.39. The van der Waals surface area contributed by atoms with Gasteiger partial charge in [0.15, 0.2) is 11.6 Å². The summed E-state index contributed by atoms with van der Waals surface area (Å²) in [6.07, 6.45) is 7.23. The summed E-state index contributed by atoms with van der Waals surface area (Å²) in [5, 5.41) is -0.0473. The molecule has 122 valence electrons. The molecule has 1 aromatic heterocycles. The summed E-state index contributed by atoms with van der Waals surface area (Å²) in [6, 6.07) is 0. The molecule has 22 heavy (non-hydrogen) atoms. The minimum absolute atomic E-state index is 0.0473. The van der Waals surface area contributed by atoms with Crippen LogP contribution in [0.25, 0.3) is 0 Å². The van der Waals surface area contributed by atoms with E-state index in [0.29, 0.717) is 12.5 Å². The highest BCUT2D eigenvalue weighted by atomic mass is 35.5. The zero-order valence-electron chi connectivity index (χ0n) is 12.6. The second-order valence-corrected chi connectivity index (χ2v) is 6.09. The summed E-state index contributed by atoms with van der Waals surface area (Å²) in [4.78, 5) is 18.2. The molecule has 5 nitrogen and oxygen atoms in total. The van der Waals surface area contributed by atoms with Crippen LogP contribution in [0.2, 0.25) is 5.28 Å². The van der Waals surface area contributed by atoms with Crippen molar-refractivity contribution in [2.24, 2.45) is 17.8 Å². The van der Waals surface area contributed by atoms with Crippen molar-refractivity contribution in [1.82, 2.24) is 9.97 Å². The summed E-state index contributed by atoms with van der Waals surface area (Å²) in [5.74, 6) is 0.891. The van der Waals surface area contributed by atoms with E-state index in [-0.39, 0.29) is 23.0 Å². The fraction of sp³-hybridized carbons (Fsp3) is 0.667. The molecule has 2 N–H and O–H groups in total. The molecule has 0 spiro atoms. The van der Waals surface area contributed by atoms with Crippen molar-refractivity contribution in [3.05, 3.63) is 17.3 Å². The van der Waals surface area contributed by atoms with Crippen LogP contribution in [0.4, 0.5) is 10.2 Å². The van der Waals surface area contributed by atoms with Gasteiger partial charge in [-0.1, -0.05) is 12.8 Å². The Kier molecular flexibility index (Phi) is 5.94. The topological polar surface area (TPSA) is 78.1 Å². The van der Waals surface area contributed by atoms with Gasteiger partial charge >= 0.3 is 5.97 Å². The van der Waals surface area contributed by atoms with E-state index in [9.17, 15) is 9.18 Å². The largest absolute Gasteiger partial charge is 0.466 e. The van der Waals surface area contributed by atoms with Gasteiger partial charge in [0, 0.05) is 0 Å². The van der Waals surface area contributed by atoms with Crippen molar-refractivity contribution >= 4 is 23.4 Å². The number of ether oxygens (including phenoxy) is 1. The number of nitrogen functional groups attached to an aromatic ring is 1. The first-order valence-electron chi connectivity index (χ1n) is 7.61. The van der Waals surface area contributed by atoms with Crippen LogP contribution in [0.5, 0.6) is 0 Å². The summed E-state index contributed by atoms with van der Waals surface area (Å²) < 4.78 is 17.3. The Labute approximate surface area is 134 Å². The van der Waals surface area contributed by atoms with Gasteiger partial charge in [-0.3, -0.25) is 4.79 Å². The molecule has 3 aliphatic rings. The molecule has 3 aliphatic carbocycles. The minimum Gasteiger partial charge on any atom is -0.466 e. The number of carbonyl (C=O) groups excluding carboxylic acids is 1. The van der Waals surface area contributed by atoms with E-state index in [0.717, 1.165) is 18.5 Å². The van der Waals surface area contributed by atoms with Crippen LogP contribution in [-0.2, 0) is 9.53 Å². The monoisotopic (exact) mass is 329 g/mol. The summed E-state index contributed by atoms with van der Waals surface area (Å²) in [5.41, 5.74) is 5.01. The molecule has 0 amide bonds. The summed E-state index contributed by atoms with van der Waals surface area (Å²) in [7, 11) is 0. The molecule has 4 rings (SSSR count). The molecular formula is C15H21ClFN3O2. The molecule has 1 heterocycles. The number of rotatable bonds is 2. The number of hydrogen-bond donors (Lipinski definition) is 1. The Morgan fingerprint density at radius 1 is 1.45 bits per heavy atom. The number of carbonyl (C=O) groups is 1. The molecule has 1 aromatic rings. The molecule has 3 saturated carbocycles. The Balaban J connectivity index is 0.000000172. The van der Waals surface area contributed by atoms with E-state index in [1.807, 2.05) is 6.92 Å². The van der Waals surface area contributed by atoms with E-state index in [2.05, 4.69) is 9.97 Å². The molecule has 3 fully saturated rings. The normalized spacial score (nSPS) is 26.0. The van der Waals surface area contributed by atoms with Crippen molar-refractivity contribution in [2.75, 3.05) is 12.3 Å². The second-order valence-electron chi connectivity index (χ2n) is 5.75. The number of hydrogen-bond acceptors (Lipinski definition) is 5. The fourth-order valence-electron chi connectivity index (χ4n) is 3.27. The number of nitrogens with zero attached hydrogens (tertiary/aromatic N) is 2. The van der Waals surface area contributed by atoms with Gasteiger partial charge in [-0.2, -0.15) is 4.98 Å². The maximum absolute atomic E-state index is 12.2. The molecule has 7 heteroatoms. The van der Waals surface area contributed by atoms with Crippen molar-refractivity contribution in [2.45, 2.75) is 39.0 Å². The molecule has 1 atom stereocenters. The highest BCUT2D eigenvalue weighted by Crippen LogP contribution is 2.45. The maximum atomic E-state index is 12.2. The van der Waals surface area contributed by atoms with Crippen LogP contribution in [0, 0.1) is 23.6 Å². The number of nitrogens with two attached hydrogens (primary N) is 1. The molecule has 2 bridgehead atoms. The Morgan fingerprint density at radius 2 is 2.14 bits per heavy atom. The van der Waals surface area contributed by atoms with Crippen LogP contribution >= 0.6 is 11.6 Å². The molecule has 0 aliphatic heterocycles. The lowest BCUT2D eigenvalue weighted by molar-refractivity contribution is -0.153. The molecule has 1 unspecified atom stereocenters. The van der Waals surface area contributed by atoms with E-state index >= 15 is 0 Å². The van der Waals surface area contributed by atoms with Crippen molar-refractivity contribution < 1.29 is 13.9 Å². The van der Waals surface area contributed by atoms with Gasteiger partial charge < -0.3 is 10.5 Å². The number of esters is 1. The van der Waals surface area contributed by atoms with Crippen molar-refractivity contribution in [1.29, 1.82) is 0 Å². The van der Waals surface area contributed by atoms with E-state index in [4.69, 9.17) is 22.1 Å². The molecular weight excluding hydrogens is 309 g/mol. The second kappa shape index (κ2) is 7.72. The Bertz CT molecular complexity index is 522. The van der Waals surface area contributed by atoms with Gasteiger partial charge in [0.05, 0.1) is 18.7 Å². The van der Waals surface area contributed by atoms with Crippen LogP contribution in [0.15, 0.2) is 6.20 Å². The lowest BCUT2D eigenvalue weighted by Gasteiger charge is -2.40. The average molecular weight is 330 g/mol. The van der Waals surface area contributed by atoms with Crippen molar-refractivity contribution in [3.63, 3.8) is 0 Å². The van der Waals surface area contributed by atoms with Crippen molar-refractivity contribution in [3.8, 4) is 0 Å². The van der Waals surface area contributed by atoms with Crippen LogP contribution in [0.1, 0.15) is 39.0 Å². The van der Waals surface area contributed by atoms with Crippen LogP contribution in [0.3, 0.4) is 0 Å². The third kappa shape index (κ3) is 4.29. The SMILES string of the molecule is CCOC(=O)C1CC2CCC1CC2.Nc1nc(Cl)ncc1F. The number of halogens is 2. The summed E-state index contributed by atoms with van der Waals surface area (Å²) in [6.45, 7) is 2.42. The van der Waals surface area contributed by atoms with Crippen LogP contribution < -0.4 is 5.73 Å². The predicted molar refractivity (Wildman–Crippen MR) is 81.6 cm³/mol. The quantitative estimate of drug-likeness (QED) is 0.665. The lowest BCUT2D eigenvalue weighted by atomic mass is 9.65. The molecule has 0 saturated heterocycles.